The van der Waals surface area contributed by atoms with Crippen LogP contribution in [0.15, 0.2) is 4.99 Å². The minimum absolute atomic E-state index is 0.387. The highest BCUT2D eigenvalue weighted by molar-refractivity contribution is 7.78. The maximum Gasteiger partial charge on any atom is 0.0659 e. The van der Waals surface area contributed by atoms with Crippen molar-refractivity contribution in [2.24, 2.45) is 39.5 Å². The first-order valence-electron chi connectivity index (χ1n) is 7.50. The van der Waals surface area contributed by atoms with Crippen LogP contribution in [0.3, 0.4) is 0 Å². The number of fused-ring (bicyclic) bond motifs is 3. The summed E-state index contributed by atoms with van der Waals surface area (Å²) in [7, 11) is 0. The molecule has 3 saturated carbocycles. The largest absolute Gasteiger partial charge is 0.229 e. The van der Waals surface area contributed by atoms with E-state index >= 15 is 0 Å². The lowest BCUT2D eigenvalue weighted by atomic mass is 9.54. The fourth-order valence-corrected chi connectivity index (χ4v) is 5.82. The predicted octanol–water partition coefficient (Wildman–Crippen LogP) is 4.58. The molecular weight excluding hydrogens is 238 g/mol. The third-order valence-corrected chi connectivity index (χ3v) is 6.87. The molecule has 3 aliphatic rings. The lowest BCUT2D eigenvalue weighted by Crippen LogP contribution is -2.48. The summed E-state index contributed by atoms with van der Waals surface area (Å²) in [5.74, 6) is 3.64. The number of hydrogen-bond donors (Lipinski definition) is 0. The fraction of sp³-hybridized carbons (Fsp3) is 0.938. The van der Waals surface area contributed by atoms with Crippen LogP contribution in [0.5, 0.6) is 0 Å². The molecule has 6 unspecified atom stereocenters. The van der Waals surface area contributed by atoms with Gasteiger partial charge in [0, 0.05) is 0 Å². The number of rotatable bonds is 1. The molecule has 3 fully saturated rings. The molecule has 0 spiro atoms. The van der Waals surface area contributed by atoms with Crippen molar-refractivity contribution in [1.82, 2.24) is 0 Å². The first-order chi connectivity index (χ1) is 8.43. The summed E-state index contributed by atoms with van der Waals surface area (Å²) in [6, 6.07) is 0.438. The van der Waals surface area contributed by atoms with Gasteiger partial charge < -0.3 is 0 Å². The summed E-state index contributed by atoms with van der Waals surface area (Å²) in [5, 5.41) is 2.67. The molecule has 0 aromatic rings. The van der Waals surface area contributed by atoms with Crippen molar-refractivity contribution >= 4 is 17.4 Å². The summed E-state index contributed by atoms with van der Waals surface area (Å²) in [5.41, 5.74) is 0.971. The number of hydrogen-bond acceptors (Lipinski definition) is 2. The van der Waals surface area contributed by atoms with Gasteiger partial charge in [0.25, 0.3) is 0 Å². The van der Waals surface area contributed by atoms with Gasteiger partial charge >= 0.3 is 0 Å². The van der Waals surface area contributed by atoms with Crippen molar-refractivity contribution < 1.29 is 0 Å². The Balaban J connectivity index is 1.97. The lowest BCUT2D eigenvalue weighted by molar-refractivity contribution is -0.00692. The van der Waals surface area contributed by atoms with Crippen molar-refractivity contribution in [3.05, 3.63) is 0 Å². The zero-order chi connectivity index (χ0) is 13.1. The Kier molecular flexibility index (Phi) is 2.78. The zero-order valence-electron chi connectivity index (χ0n) is 12.1. The molecule has 0 radical (unpaired) electrons. The third kappa shape index (κ3) is 1.51. The van der Waals surface area contributed by atoms with E-state index in [1.165, 1.54) is 25.7 Å². The molecule has 0 amide bonds. The van der Waals surface area contributed by atoms with E-state index in [1.54, 1.807) is 0 Å². The number of isothiocyanates is 1. The monoisotopic (exact) mass is 263 g/mol. The minimum atomic E-state index is 0.387. The second-order valence-corrected chi connectivity index (χ2v) is 8.00. The van der Waals surface area contributed by atoms with E-state index in [-0.39, 0.29) is 0 Å². The van der Waals surface area contributed by atoms with Crippen molar-refractivity contribution in [2.75, 3.05) is 0 Å². The standard InChI is InChI=1S/C16H25NS/c1-10-5-6-12(17-9-18)16(4)8-7-11-14(13(10)16)15(11,2)3/h10-14H,5-8H2,1-4H3. The van der Waals surface area contributed by atoms with Crippen molar-refractivity contribution in [1.29, 1.82) is 0 Å². The molecule has 100 valence electrons. The topological polar surface area (TPSA) is 12.4 Å². The minimum Gasteiger partial charge on any atom is -0.229 e. The zero-order valence-corrected chi connectivity index (χ0v) is 12.9. The normalized spacial score (nSPS) is 52.8. The number of nitrogens with zero attached hydrogens (tertiary/aromatic N) is 1. The van der Waals surface area contributed by atoms with Crippen LogP contribution in [-0.2, 0) is 0 Å². The molecule has 0 N–H and O–H groups in total. The van der Waals surface area contributed by atoms with E-state index < -0.39 is 0 Å². The first kappa shape index (κ1) is 12.8. The smallest absolute Gasteiger partial charge is 0.0659 e. The fourth-order valence-electron chi connectivity index (χ4n) is 5.69. The van der Waals surface area contributed by atoms with Crippen LogP contribution >= 0.6 is 12.2 Å². The summed E-state index contributed by atoms with van der Waals surface area (Å²) in [6.07, 6.45) is 5.29. The second-order valence-electron chi connectivity index (χ2n) is 7.81. The SMILES string of the molecule is CC1CCC(N=C=S)C2(C)CCC3C(C12)C3(C)C. The molecule has 0 aliphatic heterocycles. The Labute approximate surface area is 116 Å². The molecule has 1 nitrogen and oxygen atoms in total. The number of aliphatic imine (C=N–C) groups is 1. The second kappa shape index (κ2) is 3.90. The maximum absolute atomic E-state index is 4.87. The van der Waals surface area contributed by atoms with Gasteiger partial charge in [-0.25, -0.2) is 4.99 Å². The molecule has 2 heteroatoms. The van der Waals surface area contributed by atoms with Crippen molar-refractivity contribution in [3.8, 4) is 0 Å². The van der Waals surface area contributed by atoms with Crippen LogP contribution < -0.4 is 0 Å². The van der Waals surface area contributed by atoms with Crippen LogP contribution in [0.25, 0.3) is 0 Å². The quantitative estimate of drug-likeness (QED) is 0.498. The van der Waals surface area contributed by atoms with Gasteiger partial charge in [0.2, 0.25) is 0 Å². The van der Waals surface area contributed by atoms with Gasteiger partial charge in [-0.15, -0.1) is 0 Å². The van der Waals surface area contributed by atoms with Crippen LogP contribution in [0, 0.1) is 34.5 Å². The highest BCUT2D eigenvalue weighted by Crippen LogP contribution is 2.73. The summed E-state index contributed by atoms with van der Waals surface area (Å²) in [6.45, 7) is 9.91. The van der Waals surface area contributed by atoms with E-state index in [0.717, 1.165) is 23.7 Å². The van der Waals surface area contributed by atoms with Gasteiger partial charge in [-0.3, -0.25) is 0 Å². The highest BCUT2D eigenvalue weighted by Gasteiger charge is 2.68. The van der Waals surface area contributed by atoms with E-state index in [2.05, 4.69) is 37.8 Å². The lowest BCUT2D eigenvalue weighted by Gasteiger charge is -2.51. The molecular formula is C16H25NS. The summed E-state index contributed by atoms with van der Waals surface area (Å²) in [4.78, 5) is 4.54. The van der Waals surface area contributed by atoms with E-state index in [9.17, 15) is 0 Å². The van der Waals surface area contributed by atoms with Crippen LogP contribution in [0.1, 0.15) is 53.4 Å². The van der Waals surface area contributed by atoms with Crippen LogP contribution in [-0.4, -0.2) is 11.2 Å². The van der Waals surface area contributed by atoms with Crippen LogP contribution in [0.4, 0.5) is 0 Å². The molecule has 3 rings (SSSR count). The molecule has 0 aromatic carbocycles. The maximum atomic E-state index is 4.87. The van der Waals surface area contributed by atoms with Crippen molar-refractivity contribution in [3.63, 3.8) is 0 Å². The van der Waals surface area contributed by atoms with Gasteiger partial charge in [0.05, 0.1) is 11.2 Å². The molecule has 0 aromatic heterocycles. The van der Waals surface area contributed by atoms with Crippen LogP contribution in [0.2, 0.25) is 0 Å². The molecule has 0 bridgehead atoms. The Morgan fingerprint density at radius 1 is 1.11 bits per heavy atom. The van der Waals surface area contributed by atoms with Crippen molar-refractivity contribution in [2.45, 2.75) is 59.4 Å². The first-order valence-corrected chi connectivity index (χ1v) is 7.90. The third-order valence-electron chi connectivity index (χ3n) is 6.76. The summed E-state index contributed by atoms with van der Waals surface area (Å²) < 4.78 is 0. The predicted molar refractivity (Wildman–Crippen MR) is 78.8 cm³/mol. The average Bonchev–Trinajstić information content (AvgIpc) is 2.85. The molecule has 3 aliphatic carbocycles. The Morgan fingerprint density at radius 3 is 2.50 bits per heavy atom. The average molecular weight is 263 g/mol. The number of thiocarbonyl (C=S) groups is 1. The van der Waals surface area contributed by atoms with E-state index in [4.69, 9.17) is 12.2 Å². The van der Waals surface area contributed by atoms with E-state index in [0.29, 0.717) is 16.9 Å². The molecule has 18 heavy (non-hydrogen) atoms. The Bertz CT molecular complexity index is 409. The van der Waals surface area contributed by atoms with Gasteiger partial charge in [-0.2, -0.15) is 0 Å². The highest BCUT2D eigenvalue weighted by atomic mass is 32.1. The molecule has 0 heterocycles. The Morgan fingerprint density at radius 2 is 1.83 bits per heavy atom. The Hall–Kier alpha value is -0.200. The molecule has 6 atom stereocenters. The molecule has 0 saturated heterocycles. The van der Waals surface area contributed by atoms with Gasteiger partial charge in [-0.1, -0.05) is 27.7 Å². The summed E-state index contributed by atoms with van der Waals surface area (Å²) >= 11 is 4.87. The van der Waals surface area contributed by atoms with Gasteiger partial charge in [-0.05, 0) is 72.4 Å². The van der Waals surface area contributed by atoms with Gasteiger partial charge in [0.1, 0.15) is 0 Å². The van der Waals surface area contributed by atoms with E-state index in [1.807, 2.05) is 0 Å². The van der Waals surface area contributed by atoms with Gasteiger partial charge in [0.15, 0.2) is 0 Å².